The molecule has 3 rings (SSSR count). The standard InChI is InChI=1S/C12H10.C11H16/c1-3-7-11(8-4-1)12-9-5-2-6-10-12;1-2-3-5-8-11-9-6-4-7-10-11/h1-10H;4,6-7,9-10H,2-3,5,8H2,1H3. The minimum absolute atomic E-state index is 1.24. The van der Waals surface area contributed by atoms with E-state index in [1.54, 1.807) is 0 Å². The Hall–Kier alpha value is -2.34. The monoisotopic (exact) mass is 302 g/mol. The van der Waals surface area contributed by atoms with Gasteiger partial charge >= 0.3 is 0 Å². The van der Waals surface area contributed by atoms with Crippen LogP contribution in [0.4, 0.5) is 0 Å². The van der Waals surface area contributed by atoms with Crippen molar-refractivity contribution in [2.75, 3.05) is 0 Å². The largest absolute Gasteiger partial charge is 0.0654 e. The predicted molar refractivity (Wildman–Crippen MR) is 102 cm³/mol. The Bertz CT molecular complexity index is 589. The fourth-order valence-corrected chi connectivity index (χ4v) is 2.49. The van der Waals surface area contributed by atoms with Crippen LogP contribution >= 0.6 is 0 Å². The predicted octanol–water partition coefficient (Wildman–Crippen LogP) is 6.77. The summed E-state index contributed by atoms with van der Waals surface area (Å²) in [5, 5.41) is 0. The molecular formula is C23H26. The van der Waals surface area contributed by atoms with Crippen LogP contribution in [0.3, 0.4) is 0 Å². The topological polar surface area (TPSA) is 0 Å². The highest BCUT2D eigenvalue weighted by Gasteiger charge is 1.92. The zero-order chi connectivity index (χ0) is 16.2. The number of aryl methyl sites for hydroxylation is 1. The fraction of sp³-hybridized carbons (Fsp3) is 0.217. The van der Waals surface area contributed by atoms with Gasteiger partial charge in [-0.2, -0.15) is 0 Å². The number of unbranched alkanes of at least 4 members (excludes halogenated alkanes) is 2. The molecule has 0 amide bonds. The molecule has 118 valence electrons. The van der Waals surface area contributed by atoms with Crippen molar-refractivity contribution in [2.45, 2.75) is 32.6 Å². The lowest BCUT2D eigenvalue weighted by molar-refractivity contribution is 0.717. The zero-order valence-corrected chi connectivity index (χ0v) is 14.0. The van der Waals surface area contributed by atoms with Gasteiger partial charge in [0, 0.05) is 0 Å². The third-order valence-electron chi connectivity index (χ3n) is 3.79. The maximum Gasteiger partial charge on any atom is -0.0184 e. The highest BCUT2D eigenvalue weighted by atomic mass is 14.0. The molecule has 0 aliphatic rings. The summed E-state index contributed by atoms with van der Waals surface area (Å²) in [6.07, 6.45) is 5.25. The summed E-state index contributed by atoms with van der Waals surface area (Å²) in [4.78, 5) is 0. The van der Waals surface area contributed by atoms with E-state index in [2.05, 4.69) is 85.8 Å². The number of benzene rings is 3. The molecule has 0 atom stereocenters. The van der Waals surface area contributed by atoms with Crippen molar-refractivity contribution in [1.29, 1.82) is 0 Å². The Morgan fingerprint density at radius 2 is 0.957 bits per heavy atom. The molecule has 0 bridgehead atoms. The summed E-state index contributed by atoms with van der Waals surface area (Å²) in [6.45, 7) is 2.24. The van der Waals surface area contributed by atoms with Crippen LogP contribution in [0.15, 0.2) is 91.0 Å². The zero-order valence-electron chi connectivity index (χ0n) is 14.0. The van der Waals surface area contributed by atoms with Gasteiger partial charge in [0.25, 0.3) is 0 Å². The van der Waals surface area contributed by atoms with E-state index in [4.69, 9.17) is 0 Å². The summed E-state index contributed by atoms with van der Waals surface area (Å²) < 4.78 is 0. The molecule has 0 spiro atoms. The van der Waals surface area contributed by atoms with E-state index < -0.39 is 0 Å². The average molecular weight is 302 g/mol. The van der Waals surface area contributed by atoms with Gasteiger partial charge < -0.3 is 0 Å². The van der Waals surface area contributed by atoms with Gasteiger partial charge in [0.2, 0.25) is 0 Å². The molecular weight excluding hydrogens is 276 g/mol. The van der Waals surface area contributed by atoms with Crippen LogP contribution in [0, 0.1) is 0 Å². The summed E-state index contributed by atoms with van der Waals surface area (Å²) in [6, 6.07) is 31.5. The SMILES string of the molecule is CCCCCc1ccccc1.c1ccc(-c2ccccc2)cc1. The first-order valence-corrected chi connectivity index (χ1v) is 8.54. The summed E-state index contributed by atoms with van der Waals surface area (Å²) in [7, 11) is 0. The molecule has 0 aliphatic carbocycles. The number of hydrogen-bond acceptors (Lipinski definition) is 0. The summed E-state index contributed by atoms with van der Waals surface area (Å²) >= 11 is 0. The normalized spacial score (nSPS) is 9.78. The van der Waals surface area contributed by atoms with Crippen LogP contribution in [0.1, 0.15) is 31.7 Å². The van der Waals surface area contributed by atoms with Gasteiger partial charge in [-0.25, -0.2) is 0 Å². The molecule has 3 aromatic carbocycles. The lowest BCUT2D eigenvalue weighted by atomic mass is 10.1. The second kappa shape index (κ2) is 10.4. The van der Waals surface area contributed by atoms with Gasteiger partial charge in [-0.3, -0.25) is 0 Å². The highest BCUT2D eigenvalue weighted by Crippen LogP contribution is 2.17. The molecule has 0 nitrogen and oxygen atoms in total. The van der Waals surface area contributed by atoms with Gasteiger partial charge in [0.15, 0.2) is 0 Å². The van der Waals surface area contributed by atoms with E-state index in [1.165, 1.54) is 42.4 Å². The molecule has 0 unspecified atom stereocenters. The fourth-order valence-electron chi connectivity index (χ4n) is 2.49. The van der Waals surface area contributed by atoms with Crippen molar-refractivity contribution in [3.8, 4) is 11.1 Å². The molecule has 0 aliphatic heterocycles. The smallest absolute Gasteiger partial charge is 0.0184 e. The Labute approximate surface area is 140 Å². The molecule has 23 heavy (non-hydrogen) atoms. The van der Waals surface area contributed by atoms with Crippen molar-refractivity contribution in [3.63, 3.8) is 0 Å². The summed E-state index contributed by atoms with van der Waals surface area (Å²) in [5.74, 6) is 0. The Morgan fingerprint density at radius 3 is 1.39 bits per heavy atom. The molecule has 0 saturated heterocycles. The first kappa shape index (κ1) is 17.0. The second-order valence-electron chi connectivity index (χ2n) is 5.67. The highest BCUT2D eigenvalue weighted by molar-refractivity contribution is 5.62. The van der Waals surface area contributed by atoms with Gasteiger partial charge in [-0.05, 0) is 29.5 Å². The minimum atomic E-state index is 1.24. The van der Waals surface area contributed by atoms with E-state index in [-0.39, 0.29) is 0 Å². The van der Waals surface area contributed by atoms with Gasteiger partial charge in [-0.1, -0.05) is 111 Å². The minimum Gasteiger partial charge on any atom is -0.0654 e. The molecule has 0 N–H and O–H groups in total. The van der Waals surface area contributed by atoms with Crippen molar-refractivity contribution >= 4 is 0 Å². The Kier molecular flexibility index (Phi) is 7.69. The lowest BCUT2D eigenvalue weighted by Crippen LogP contribution is -1.83. The Morgan fingerprint density at radius 1 is 0.522 bits per heavy atom. The number of hydrogen-bond donors (Lipinski definition) is 0. The molecule has 0 heterocycles. The van der Waals surface area contributed by atoms with Gasteiger partial charge in [0.05, 0.1) is 0 Å². The van der Waals surface area contributed by atoms with E-state index >= 15 is 0 Å². The third kappa shape index (κ3) is 6.52. The van der Waals surface area contributed by atoms with Crippen molar-refractivity contribution in [1.82, 2.24) is 0 Å². The van der Waals surface area contributed by atoms with E-state index in [1.807, 2.05) is 12.1 Å². The average Bonchev–Trinajstić information content (AvgIpc) is 2.65. The molecule has 0 radical (unpaired) electrons. The number of rotatable bonds is 5. The maximum absolute atomic E-state index is 2.24. The van der Waals surface area contributed by atoms with E-state index in [0.717, 1.165) is 0 Å². The molecule has 0 heteroatoms. The van der Waals surface area contributed by atoms with E-state index in [0.29, 0.717) is 0 Å². The van der Waals surface area contributed by atoms with E-state index in [9.17, 15) is 0 Å². The summed E-state index contributed by atoms with van der Waals surface area (Å²) in [5.41, 5.74) is 4.03. The molecule has 0 aromatic heterocycles. The second-order valence-corrected chi connectivity index (χ2v) is 5.67. The molecule has 0 fully saturated rings. The third-order valence-corrected chi connectivity index (χ3v) is 3.79. The Balaban J connectivity index is 0.000000168. The van der Waals surface area contributed by atoms with Crippen LogP contribution in [0.5, 0.6) is 0 Å². The van der Waals surface area contributed by atoms with Crippen molar-refractivity contribution < 1.29 is 0 Å². The first-order chi connectivity index (χ1) is 11.4. The van der Waals surface area contributed by atoms with Crippen molar-refractivity contribution in [3.05, 3.63) is 96.6 Å². The van der Waals surface area contributed by atoms with Crippen molar-refractivity contribution in [2.24, 2.45) is 0 Å². The van der Waals surface area contributed by atoms with Gasteiger partial charge in [0.1, 0.15) is 0 Å². The molecule has 3 aromatic rings. The lowest BCUT2D eigenvalue weighted by Gasteiger charge is -1.98. The van der Waals surface area contributed by atoms with Gasteiger partial charge in [-0.15, -0.1) is 0 Å². The van der Waals surface area contributed by atoms with Crippen LogP contribution < -0.4 is 0 Å². The quantitative estimate of drug-likeness (QED) is 0.456. The van der Waals surface area contributed by atoms with Crippen LogP contribution in [-0.2, 0) is 6.42 Å². The van der Waals surface area contributed by atoms with Crippen LogP contribution in [0.2, 0.25) is 0 Å². The maximum atomic E-state index is 2.24. The first-order valence-electron chi connectivity index (χ1n) is 8.54. The van der Waals surface area contributed by atoms with Crippen LogP contribution in [0.25, 0.3) is 11.1 Å². The van der Waals surface area contributed by atoms with Crippen LogP contribution in [-0.4, -0.2) is 0 Å². The molecule has 0 saturated carbocycles.